The average Bonchev–Trinajstić information content (AvgIpc) is 2.41. The van der Waals surface area contributed by atoms with Gasteiger partial charge in [-0.05, 0) is 18.2 Å². The first kappa shape index (κ1) is 12.9. The van der Waals surface area contributed by atoms with Crippen LogP contribution in [0.15, 0.2) is 36.5 Å². The predicted octanol–water partition coefficient (Wildman–Crippen LogP) is 1.49. The van der Waals surface area contributed by atoms with E-state index in [0.717, 1.165) is 0 Å². The summed E-state index contributed by atoms with van der Waals surface area (Å²) in [7, 11) is 1.53. The van der Waals surface area contributed by atoms with E-state index in [1.807, 2.05) is 0 Å². The van der Waals surface area contributed by atoms with Gasteiger partial charge < -0.3 is 15.6 Å². The number of primary amides is 1. The third-order valence-corrected chi connectivity index (χ3v) is 2.81. The highest BCUT2D eigenvalue weighted by molar-refractivity contribution is 5.93. The quantitative estimate of drug-likeness (QED) is 0.869. The summed E-state index contributed by atoms with van der Waals surface area (Å²) < 4.78 is 5.01. The summed E-state index contributed by atoms with van der Waals surface area (Å²) in [6.45, 7) is 0. The molecule has 1 aromatic carbocycles. The van der Waals surface area contributed by atoms with Gasteiger partial charge in [-0.15, -0.1) is 0 Å². The normalized spacial score (nSPS) is 10.2. The number of rotatable bonds is 4. The molecule has 0 aliphatic heterocycles. The number of phenolic OH excluding ortho intramolecular Hbond substituents is 1. The third-order valence-electron chi connectivity index (χ3n) is 2.81. The van der Waals surface area contributed by atoms with Crippen LogP contribution in [0.3, 0.4) is 0 Å². The molecule has 0 radical (unpaired) electrons. The summed E-state index contributed by atoms with van der Waals surface area (Å²) in [4.78, 5) is 15.4. The molecule has 0 spiro atoms. The van der Waals surface area contributed by atoms with Crippen LogP contribution in [0.1, 0.15) is 21.6 Å². The minimum absolute atomic E-state index is 0.0976. The monoisotopic (exact) mass is 258 g/mol. The van der Waals surface area contributed by atoms with Gasteiger partial charge in [0.1, 0.15) is 11.5 Å². The number of nitrogens with zero attached hydrogens (tertiary/aromatic N) is 1. The van der Waals surface area contributed by atoms with Gasteiger partial charge in [-0.25, -0.2) is 0 Å². The maximum Gasteiger partial charge on any atom is 0.250 e. The zero-order valence-electron chi connectivity index (χ0n) is 10.5. The molecule has 0 atom stereocenters. The van der Waals surface area contributed by atoms with Crippen LogP contribution in [-0.4, -0.2) is 23.1 Å². The van der Waals surface area contributed by atoms with Gasteiger partial charge in [0.15, 0.2) is 0 Å². The molecule has 5 nitrogen and oxygen atoms in total. The van der Waals surface area contributed by atoms with E-state index in [4.69, 9.17) is 10.5 Å². The lowest BCUT2D eigenvalue weighted by Crippen LogP contribution is -2.14. The van der Waals surface area contributed by atoms with Crippen molar-refractivity contribution in [2.45, 2.75) is 6.42 Å². The Labute approximate surface area is 110 Å². The summed E-state index contributed by atoms with van der Waals surface area (Å²) in [6, 6.07) is 8.25. The first-order valence-electron chi connectivity index (χ1n) is 5.71. The van der Waals surface area contributed by atoms with Crippen LogP contribution in [0.4, 0.5) is 0 Å². The number of phenols is 1. The minimum Gasteiger partial charge on any atom is -0.508 e. The molecule has 0 aliphatic carbocycles. The zero-order valence-corrected chi connectivity index (χ0v) is 10.5. The first-order chi connectivity index (χ1) is 9.11. The molecule has 0 bridgehead atoms. The van der Waals surface area contributed by atoms with Crippen molar-refractivity contribution in [1.82, 2.24) is 4.98 Å². The van der Waals surface area contributed by atoms with Crippen molar-refractivity contribution in [3.63, 3.8) is 0 Å². The van der Waals surface area contributed by atoms with Gasteiger partial charge in [-0.2, -0.15) is 0 Å². The number of hydrogen-bond acceptors (Lipinski definition) is 4. The number of ether oxygens (including phenoxy) is 1. The lowest BCUT2D eigenvalue weighted by Gasteiger charge is -2.08. The Bertz CT molecular complexity index is 611. The topological polar surface area (TPSA) is 85.4 Å². The Morgan fingerprint density at radius 2 is 2.21 bits per heavy atom. The van der Waals surface area contributed by atoms with Crippen molar-refractivity contribution in [2.24, 2.45) is 5.73 Å². The lowest BCUT2D eigenvalue weighted by molar-refractivity contribution is 0.0999. The van der Waals surface area contributed by atoms with E-state index in [0.29, 0.717) is 29.0 Å². The van der Waals surface area contributed by atoms with Gasteiger partial charge >= 0.3 is 0 Å². The molecule has 0 unspecified atom stereocenters. The smallest absolute Gasteiger partial charge is 0.250 e. The van der Waals surface area contributed by atoms with Crippen LogP contribution in [0.2, 0.25) is 0 Å². The van der Waals surface area contributed by atoms with Gasteiger partial charge in [-0.3, -0.25) is 9.78 Å². The summed E-state index contributed by atoms with van der Waals surface area (Å²) in [6.07, 6.45) is 1.91. The van der Waals surface area contributed by atoms with E-state index >= 15 is 0 Å². The Morgan fingerprint density at radius 3 is 2.84 bits per heavy atom. The number of aromatic hydroxyl groups is 1. The summed E-state index contributed by atoms with van der Waals surface area (Å²) in [5, 5.41) is 9.89. The van der Waals surface area contributed by atoms with Crippen LogP contribution in [-0.2, 0) is 6.42 Å². The van der Waals surface area contributed by atoms with E-state index < -0.39 is 5.91 Å². The van der Waals surface area contributed by atoms with Crippen molar-refractivity contribution in [1.29, 1.82) is 0 Å². The second-order valence-electron chi connectivity index (χ2n) is 4.03. The number of benzene rings is 1. The molecule has 98 valence electrons. The Morgan fingerprint density at radius 1 is 1.42 bits per heavy atom. The summed E-state index contributed by atoms with van der Waals surface area (Å²) in [5.41, 5.74) is 6.84. The largest absolute Gasteiger partial charge is 0.508 e. The number of carbonyl (C=O) groups excluding carboxylic acids is 1. The number of hydrogen-bond donors (Lipinski definition) is 2. The Hall–Kier alpha value is -2.56. The number of methoxy groups -OCH3 is 1. The van der Waals surface area contributed by atoms with Gasteiger partial charge in [0.05, 0.1) is 18.4 Å². The van der Waals surface area contributed by atoms with Gasteiger partial charge in [0, 0.05) is 24.2 Å². The number of carbonyl (C=O) groups is 1. The third kappa shape index (κ3) is 2.82. The number of amides is 1. The molecule has 0 saturated carbocycles. The van der Waals surface area contributed by atoms with Crippen molar-refractivity contribution >= 4 is 5.91 Å². The van der Waals surface area contributed by atoms with E-state index in [2.05, 4.69) is 4.98 Å². The number of nitrogens with two attached hydrogens (primary N) is 1. The highest BCUT2D eigenvalue weighted by atomic mass is 16.5. The summed E-state index contributed by atoms with van der Waals surface area (Å²) in [5.74, 6) is 0.133. The van der Waals surface area contributed by atoms with Gasteiger partial charge in [0.25, 0.3) is 5.91 Å². The molecule has 0 aliphatic rings. The van der Waals surface area contributed by atoms with E-state index in [1.165, 1.54) is 13.2 Å². The van der Waals surface area contributed by atoms with Crippen molar-refractivity contribution in [3.05, 3.63) is 53.3 Å². The van der Waals surface area contributed by atoms with Crippen molar-refractivity contribution in [2.75, 3.05) is 7.11 Å². The molecule has 3 N–H and O–H groups in total. The van der Waals surface area contributed by atoms with Crippen LogP contribution in [0.5, 0.6) is 11.5 Å². The second kappa shape index (κ2) is 5.39. The van der Waals surface area contributed by atoms with Crippen LogP contribution in [0.25, 0.3) is 0 Å². The molecule has 1 heterocycles. The zero-order chi connectivity index (χ0) is 13.8. The Balaban J connectivity index is 2.34. The molecular weight excluding hydrogens is 244 g/mol. The van der Waals surface area contributed by atoms with Crippen molar-refractivity contribution in [3.8, 4) is 11.5 Å². The van der Waals surface area contributed by atoms with Crippen LogP contribution < -0.4 is 10.5 Å². The molecule has 0 saturated heterocycles. The van der Waals surface area contributed by atoms with Crippen molar-refractivity contribution < 1.29 is 14.6 Å². The molecular formula is C14H14N2O3. The highest BCUT2D eigenvalue weighted by Gasteiger charge is 2.11. The fraction of sp³-hybridized carbons (Fsp3) is 0.143. The van der Waals surface area contributed by atoms with Crippen LogP contribution in [0, 0.1) is 0 Å². The average molecular weight is 258 g/mol. The second-order valence-corrected chi connectivity index (χ2v) is 4.03. The maximum atomic E-state index is 11.3. The molecule has 2 aromatic rings. The fourth-order valence-electron chi connectivity index (χ4n) is 1.80. The van der Waals surface area contributed by atoms with E-state index in [-0.39, 0.29) is 5.75 Å². The minimum atomic E-state index is -0.531. The fourth-order valence-corrected chi connectivity index (χ4v) is 1.80. The van der Waals surface area contributed by atoms with E-state index in [9.17, 15) is 9.90 Å². The SMILES string of the molecule is COc1ccc(Cc2ncccc2C(N)=O)c(O)c1. The number of aromatic nitrogens is 1. The first-order valence-corrected chi connectivity index (χ1v) is 5.71. The predicted molar refractivity (Wildman–Crippen MR) is 70.2 cm³/mol. The molecule has 1 amide bonds. The number of pyridine rings is 1. The van der Waals surface area contributed by atoms with E-state index in [1.54, 1.807) is 30.5 Å². The molecule has 1 aromatic heterocycles. The van der Waals surface area contributed by atoms with Gasteiger partial charge in [0.2, 0.25) is 0 Å². The molecule has 2 rings (SSSR count). The molecule has 0 fully saturated rings. The molecule has 19 heavy (non-hydrogen) atoms. The van der Waals surface area contributed by atoms with Crippen LogP contribution >= 0.6 is 0 Å². The summed E-state index contributed by atoms with van der Waals surface area (Å²) >= 11 is 0. The standard InChI is InChI=1S/C14H14N2O3/c1-19-10-5-4-9(13(17)8-10)7-12-11(14(15)18)3-2-6-16-12/h2-6,8,17H,7H2,1H3,(H2,15,18). The maximum absolute atomic E-state index is 11.3. The van der Waals surface area contributed by atoms with Gasteiger partial charge in [-0.1, -0.05) is 6.07 Å². The molecule has 5 heteroatoms. The highest BCUT2D eigenvalue weighted by Crippen LogP contribution is 2.25. The Kier molecular flexibility index (Phi) is 3.66. The lowest BCUT2D eigenvalue weighted by atomic mass is 10.0.